The minimum Gasteiger partial charge on any atom is -0.493 e. The molecule has 1 amide bonds. The van der Waals surface area contributed by atoms with E-state index in [9.17, 15) is 4.79 Å². The first-order chi connectivity index (χ1) is 17.6. The average molecular weight is 518 g/mol. The van der Waals surface area contributed by atoms with Crippen molar-refractivity contribution in [3.8, 4) is 23.0 Å². The maximum Gasteiger partial charge on any atom is 0.270 e. The molecule has 182 valence electrons. The number of benzene rings is 3. The Labute approximate surface area is 219 Å². The van der Waals surface area contributed by atoms with Gasteiger partial charge in [0, 0.05) is 11.6 Å². The molecule has 8 heteroatoms. The highest BCUT2D eigenvalue weighted by Gasteiger charge is 2.34. The second-order valence-electron chi connectivity index (χ2n) is 8.03. The normalized spacial score (nSPS) is 15.5. The molecule has 2 heterocycles. The Morgan fingerprint density at radius 1 is 1.11 bits per heavy atom. The lowest BCUT2D eigenvalue weighted by Gasteiger charge is -2.16. The molecule has 6 nitrogen and oxygen atoms in total. The minimum atomic E-state index is -0.197. The molecule has 2 aliphatic heterocycles. The monoisotopic (exact) mass is 517 g/mol. The maximum atomic E-state index is 13.3. The van der Waals surface area contributed by atoms with E-state index in [1.54, 1.807) is 25.3 Å². The third kappa shape index (κ3) is 4.82. The summed E-state index contributed by atoms with van der Waals surface area (Å²) in [5.41, 5.74) is 3.42. The van der Waals surface area contributed by atoms with E-state index in [1.165, 1.54) is 16.7 Å². The lowest BCUT2D eigenvalue weighted by molar-refractivity contribution is -0.113. The first kappa shape index (κ1) is 24.0. The summed E-state index contributed by atoms with van der Waals surface area (Å²) >= 11 is 6.79. The minimum absolute atomic E-state index is 0.164. The Morgan fingerprint density at radius 2 is 1.92 bits per heavy atom. The molecule has 0 N–H and O–H groups in total. The van der Waals surface area contributed by atoms with Gasteiger partial charge >= 0.3 is 0 Å². The van der Waals surface area contributed by atoms with Crippen LogP contribution in [0.15, 0.2) is 78.2 Å². The van der Waals surface area contributed by atoms with Crippen molar-refractivity contribution in [3.63, 3.8) is 0 Å². The molecular formula is C28H23NO5S2. The quantitative estimate of drug-likeness (QED) is 0.202. The molecule has 3 aromatic carbocycles. The van der Waals surface area contributed by atoms with Crippen molar-refractivity contribution in [2.75, 3.05) is 18.8 Å². The predicted molar refractivity (Wildman–Crippen MR) is 146 cm³/mol. The van der Waals surface area contributed by atoms with Crippen LogP contribution in [-0.2, 0) is 17.8 Å². The van der Waals surface area contributed by atoms with E-state index < -0.39 is 0 Å². The third-order valence-electron chi connectivity index (χ3n) is 5.67. The number of hydrogen-bond donors (Lipinski definition) is 0. The molecule has 3 aromatic rings. The van der Waals surface area contributed by atoms with Gasteiger partial charge in [0.15, 0.2) is 27.3 Å². The molecule has 1 fully saturated rings. The smallest absolute Gasteiger partial charge is 0.270 e. The molecule has 0 radical (unpaired) electrons. The molecule has 0 atom stereocenters. The number of hydrogen-bond acceptors (Lipinski definition) is 7. The van der Waals surface area contributed by atoms with Gasteiger partial charge in [-0.3, -0.25) is 9.69 Å². The number of anilines is 1. The number of allylic oxidation sites excluding steroid dienone is 1. The second kappa shape index (κ2) is 10.5. The molecule has 0 aromatic heterocycles. The van der Waals surface area contributed by atoms with E-state index in [2.05, 4.69) is 6.58 Å². The van der Waals surface area contributed by atoms with Gasteiger partial charge in [0.1, 0.15) is 6.61 Å². The molecule has 0 unspecified atom stereocenters. The lowest BCUT2D eigenvalue weighted by atomic mass is 10.0. The molecular weight excluding hydrogens is 494 g/mol. The van der Waals surface area contributed by atoms with Gasteiger partial charge in [-0.1, -0.05) is 60.4 Å². The summed E-state index contributed by atoms with van der Waals surface area (Å²) in [6, 6.07) is 19.1. The van der Waals surface area contributed by atoms with Crippen LogP contribution < -0.4 is 23.8 Å². The number of nitrogens with zero attached hydrogens (tertiary/aromatic N) is 1. The van der Waals surface area contributed by atoms with Crippen LogP contribution in [0.5, 0.6) is 23.0 Å². The summed E-state index contributed by atoms with van der Waals surface area (Å²) in [6.45, 7) is 4.46. The number of thiocarbonyl (C=S) groups is 1. The summed E-state index contributed by atoms with van der Waals surface area (Å²) in [4.78, 5) is 15.3. The Bertz CT molecular complexity index is 1370. The Balaban J connectivity index is 1.43. The zero-order valence-corrected chi connectivity index (χ0v) is 21.2. The number of carbonyl (C=O) groups is 1. The number of ether oxygens (including phenoxy) is 4. The van der Waals surface area contributed by atoms with E-state index in [0.29, 0.717) is 50.9 Å². The standard InChI is InChI=1S/C28H23NO5S2/c1-3-7-20-12-19(13-24(31-2)26(20)32-16-18-8-5-4-6-9-18)14-25-27(30)29(28(35)36-25)21-10-11-22-23(15-21)34-17-33-22/h3-6,8-15H,1,7,16-17H2,2H3/b25-14-. The largest absolute Gasteiger partial charge is 0.493 e. The highest BCUT2D eigenvalue weighted by Crippen LogP contribution is 2.42. The number of thioether (sulfide) groups is 1. The summed E-state index contributed by atoms with van der Waals surface area (Å²) in [5, 5.41) is 0. The SMILES string of the molecule is C=CCc1cc(/C=C2\SC(=S)N(c3ccc4c(c3)OCO4)C2=O)cc(OC)c1OCc1ccccc1. The van der Waals surface area contributed by atoms with Gasteiger partial charge in [0.2, 0.25) is 6.79 Å². The number of methoxy groups -OCH3 is 1. The molecule has 0 spiro atoms. The fraction of sp³-hybridized carbons (Fsp3) is 0.143. The third-order valence-corrected chi connectivity index (χ3v) is 6.97. The van der Waals surface area contributed by atoms with Crippen LogP contribution in [0.2, 0.25) is 0 Å². The van der Waals surface area contributed by atoms with Crippen LogP contribution in [0.25, 0.3) is 6.08 Å². The van der Waals surface area contributed by atoms with Crippen molar-refractivity contribution in [2.45, 2.75) is 13.0 Å². The van der Waals surface area contributed by atoms with Crippen LogP contribution in [0.3, 0.4) is 0 Å². The number of carbonyl (C=O) groups excluding carboxylic acids is 1. The van der Waals surface area contributed by atoms with E-state index in [1.807, 2.05) is 54.6 Å². The van der Waals surface area contributed by atoms with Gasteiger partial charge in [-0.05, 0) is 47.9 Å². The van der Waals surface area contributed by atoms with Gasteiger partial charge in [-0.25, -0.2) is 0 Å². The van der Waals surface area contributed by atoms with Crippen LogP contribution in [0, 0.1) is 0 Å². The topological polar surface area (TPSA) is 57.2 Å². The van der Waals surface area contributed by atoms with Gasteiger partial charge in [-0.2, -0.15) is 0 Å². The Kier molecular flexibility index (Phi) is 6.97. The molecule has 2 aliphatic rings. The summed E-state index contributed by atoms with van der Waals surface area (Å²) in [6.07, 6.45) is 4.22. The van der Waals surface area contributed by atoms with Gasteiger partial charge < -0.3 is 18.9 Å². The van der Waals surface area contributed by atoms with Gasteiger partial charge in [0.25, 0.3) is 5.91 Å². The van der Waals surface area contributed by atoms with Crippen LogP contribution in [-0.4, -0.2) is 24.1 Å². The number of amides is 1. The number of rotatable bonds is 8. The molecule has 5 rings (SSSR count). The van der Waals surface area contributed by atoms with E-state index >= 15 is 0 Å². The zero-order valence-electron chi connectivity index (χ0n) is 19.6. The van der Waals surface area contributed by atoms with E-state index in [0.717, 1.165) is 16.7 Å². The lowest BCUT2D eigenvalue weighted by Crippen LogP contribution is -2.27. The summed E-state index contributed by atoms with van der Waals surface area (Å²) in [5.74, 6) is 2.29. The highest BCUT2D eigenvalue weighted by molar-refractivity contribution is 8.27. The first-order valence-electron chi connectivity index (χ1n) is 11.2. The summed E-state index contributed by atoms with van der Waals surface area (Å²) < 4.78 is 23.1. The van der Waals surface area contributed by atoms with Crippen LogP contribution in [0.4, 0.5) is 5.69 Å². The fourth-order valence-electron chi connectivity index (χ4n) is 3.99. The van der Waals surface area contributed by atoms with Crippen molar-refractivity contribution in [3.05, 3.63) is 94.9 Å². The predicted octanol–water partition coefficient (Wildman–Crippen LogP) is 6.14. The fourth-order valence-corrected chi connectivity index (χ4v) is 5.28. The van der Waals surface area contributed by atoms with Crippen molar-refractivity contribution in [1.82, 2.24) is 0 Å². The van der Waals surface area contributed by atoms with E-state index in [-0.39, 0.29) is 12.7 Å². The van der Waals surface area contributed by atoms with Crippen LogP contribution in [0.1, 0.15) is 16.7 Å². The summed E-state index contributed by atoms with van der Waals surface area (Å²) in [7, 11) is 1.60. The molecule has 1 saturated heterocycles. The van der Waals surface area contributed by atoms with Crippen molar-refractivity contribution in [1.29, 1.82) is 0 Å². The Hall–Kier alpha value is -3.75. The number of fused-ring (bicyclic) bond motifs is 1. The zero-order chi connectivity index (χ0) is 25.1. The molecule has 0 bridgehead atoms. The van der Waals surface area contributed by atoms with E-state index in [4.69, 9.17) is 31.2 Å². The van der Waals surface area contributed by atoms with Crippen molar-refractivity contribution < 1.29 is 23.7 Å². The Morgan fingerprint density at radius 3 is 2.69 bits per heavy atom. The van der Waals surface area contributed by atoms with Crippen molar-refractivity contribution >= 4 is 46.0 Å². The van der Waals surface area contributed by atoms with Crippen molar-refractivity contribution in [2.24, 2.45) is 0 Å². The van der Waals surface area contributed by atoms with Crippen LogP contribution >= 0.6 is 24.0 Å². The van der Waals surface area contributed by atoms with Gasteiger partial charge in [0.05, 0.1) is 17.7 Å². The highest BCUT2D eigenvalue weighted by atomic mass is 32.2. The second-order valence-corrected chi connectivity index (χ2v) is 9.71. The molecule has 0 aliphatic carbocycles. The average Bonchev–Trinajstić information content (AvgIpc) is 3.46. The molecule has 36 heavy (non-hydrogen) atoms. The van der Waals surface area contributed by atoms with Gasteiger partial charge in [-0.15, -0.1) is 6.58 Å². The molecule has 0 saturated carbocycles. The maximum absolute atomic E-state index is 13.3. The first-order valence-corrected chi connectivity index (χ1v) is 12.5.